The average molecular weight is 487 g/mol. The maximum absolute atomic E-state index is 12.7. The number of amides is 1. The Bertz CT molecular complexity index is 1370. The van der Waals surface area contributed by atoms with Crippen molar-refractivity contribution in [3.05, 3.63) is 77.9 Å². The monoisotopic (exact) mass is 486 g/mol. The van der Waals surface area contributed by atoms with Gasteiger partial charge in [-0.15, -0.1) is 5.10 Å². The largest absolute Gasteiger partial charge is 0.460 e. The second-order valence-corrected chi connectivity index (χ2v) is 8.06. The van der Waals surface area contributed by atoms with E-state index in [0.717, 1.165) is 16.8 Å². The average Bonchev–Trinajstić information content (AvgIpc) is 3.54. The molecule has 0 unspecified atom stereocenters. The molecular weight excluding hydrogens is 460 g/mol. The van der Waals surface area contributed by atoms with Gasteiger partial charge in [-0.25, -0.2) is 4.68 Å². The van der Waals surface area contributed by atoms with Gasteiger partial charge in [0.25, 0.3) is 5.91 Å². The Kier molecular flexibility index (Phi) is 6.81. The standard InChI is InChI=1S/C27H26N4O5/c1-3-33-14-15-34-27-29-25(22-7-5-4-6-18(22)2)31(30-27)21-11-9-20(10-12-21)28-26(32)19-8-13-23-24(16-19)36-17-35-23/h4-13,16H,3,14-15,17H2,1-2H3,(H,28,32). The fraction of sp³-hybridized carbons (Fsp3) is 0.222. The van der Waals surface area contributed by atoms with Crippen LogP contribution in [0.1, 0.15) is 22.8 Å². The molecule has 184 valence electrons. The van der Waals surface area contributed by atoms with Crippen molar-refractivity contribution in [2.45, 2.75) is 13.8 Å². The molecule has 0 spiro atoms. The van der Waals surface area contributed by atoms with E-state index in [9.17, 15) is 4.79 Å². The summed E-state index contributed by atoms with van der Waals surface area (Å²) >= 11 is 0. The molecule has 4 aromatic rings. The van der Waals surface area contributed by atoms with E-state index >= 15 is 0 Å². The second-order valence-electron chi connectivity index (χ2n) is 8.06. The highest BCUT2D eigenvalue weighted by molar-refractivity contribution is 6.04. The molecule has 2 heterocycles. The Hall–Kier alpha value is -4.37. The van der Waals surface area contributed by atoms with Gasteiger partial charge in [0.1, 0.15) is 6.61 Å². The molecule has 0 bridgehead atoms. The summed E-state index contributed by atoms with van der Waals surface area (Å²) in [6.45, 7) is 5.56. The number of anilines is 1. The molecule has 1 amide bonds. The zero-order valence-corrected chi connectivity index (χ0v) is 20.1. The Morgan fingerprint density at radius 3 is 2.64 bits per heavy atom. The number of nitrogens with one attached hydrogen (secondary N) is 1. The Labute approximate surface area is 208 Å². The lowest BCUT2D eigenvalue weighted by molar-refractivity contribution is 0.102. The van der Waals surface area contributed by atoms with Crippen molar-refractivity contribution in [3.63, 3.8) is 0 Å². The molecular formula is C27H26N4O5. The molecule has 0 atom stereocenters. The molecule has 1 aliphatic rings. The zero-order chi connectivity index (χ0) is 24.9. The number of fused-ring (bicyclic) bond motifs is 1. The highest BCUT2D eigenvalue weighted by Gasteiger charge is 2.18. The summed E-state index contributed by atoms with van der Waals surface area (Å²) in [4.78, 5) is 17.4. The number of hydrogen-bond donors (Lipinski definition) is 1. The van der Waals surface area contributed by atoms with Gasteiger partial charge >= 0.3 is 6.01 Å². The fourth-order valence-corrected chi connectivity index (χ4v) is 3.80. The first-order valence-corrected chi connectivity index (χ1v) is 11.7. The number of carbonyl (C=O) groups is 1. The molecule has 1 N–H and O–H groups in total. The number of nitrogens with zero attached hydrogens (tertiary/aromatic N) is 3. The lowest BCUT2D eigenvalue weighted by atomic mass is 10.1. The SMILES string of the molecule is CCOCCOc1nc(-c2ccccc2C)n(-c2ccc(NC(=O)c3ccc4c(c3)OCO4)cc2)n1. The van der Waals surface area contributed by atoms with Crippen LogP contribution in [0.2, 0.25) is 0 Å². The van der Waals surface area contributed by atoms with E-state index in [1.54, 1.807) is 22.9 Å². The van der Waals surface area contributed by atoms with E-state index in [4.69, 9.17) is 18.9 Å². The van der Waals surface area contributed by atoms with Gasteiger partial charge in [0.15, 0.2) is 17.3 Å². The third-order valence-electron chi connectivity index (χ3n) is 5.64. The van der Waals surface area contributed by atoms with Crippen LogP contribution in [-0.2, 0) is 4.74 Å². The smallest absolute Gasteiger partial charge is 0.336 e. The number of aromatic nitrogens is 3. The quantitative estimate of drug-likeness (QED) is 0.344. The number of carbonyl (C=O) groups excluding carboxylic acids is 1. The molecule has 0 aliphatic carbocycles. The fourth-order valence-electron chi connectivity index (χ4n) is 3.80. The summed E-state index contributed by atoms with van der Waals surface area (Å²) in [6, 6.07) is 20.7. The minimum atomic E-state index is -0.243. The van der Waals surface area contributed by atoms with Gasteiger partial charge in [-0.1, -0.05) is 24.3 Å². The first kappa shape index (κ1) is 23.4. The van der Waals surface area contributed by atoms with Crippen LogP contribution in [0.3, 0.4) is 0 Å². The van der Waals surface area contributed by atoms with E-state index < -0.39 is 0 Å². The molecule has 1 aromatic heterocycles. The third-order valence-corrected chi connectivity index (χ3v) is 5.64. The van der Waals surface area contributed by atoms with Gasteiger partial charge in [-0.2, -0.15) is 4.98 Å². The maximum Gasteiger partial charge on any atom is 0.336 e. The van der Waals surface area contributed by atoms with Crippen molar-refractivity contribution in [2.75, 3.05) is 31.9 Å². The predicted molar refractivity (Wildman–Crippen MR) is 134 cm³/mol. The van der Waals surface area contributed by atoms with E-state index in [2.05, 4.69) is 15.4 Å². The Morgan fingerprint density at radius 2 is 1.83 bits per heavy atom. The van der Waals surface area contributed by atoms with Crippen LogP contribution in [0, 0.1) is 6.92 Å². The first-order valence-electron chi connectivity index (χ1n) is 11.7. The zero-order valence-electron chi connectivity index (χ0n) is 20.1. The number of ether oxygens (including phenoxy) is 4. The van der Waals surface area contributed by atoms with Crippen LogP contribution >= 0.6 is 0 Å². The van der Waals surface area contributed by atoms with Gasteiger partial charge in [0.2, 0.25) is 6.79 Å². The highest BCUT2D eigenvalue weighted by atomic mass is 16.7. The topological polar surface area (TPSA) is 96.7 Å². The van der Waals surface area contributed by atoms with Crippen molar-refractivity contribution in [1.29, 1.82) is 0 Å². The molecule has 1 aliphatic heterocycles. The van der Waals surface area contributed by atoms with Crippen molar-refractivity contribution >= 4 is 11.6 Å². The van der Waals surface area contributed by atoms with Gasteiger partial charge in [-0.3, -0.25) is 4.79 Å². The lowest BCUT2D eigenvalue weighted by Gasteiger charge is -2.10. The number of rotatable bonds is 9. The predicted octanol–water partition coefficient (Wildman–Crippen LogP) is 4.64. The van der Waals surface area contributed by atoms with Crippen LogP contribution in [0.15, 0.2) is 66.7 Å². The van der Waals surface area contributed by atoms with Crippen molar-refractivity contribution in [2.24, 2.45) is 0 Å². The van der Waals surface area contributed by atoms with Gasteiger partial charge in [0.05, 0.1) is 12.3 Å². The minimum absolute atomic E-state index is 0.161. The van der Waals surface area contributed by atoms with Gasteiger partial charge in [-0.05, 0) is 61.9 Å². The molecule has 0 saturated carbocycles. The van der Waals surface area contributed by atoms with Crippen molar-refractivity contribution < 1.29 is 23.7 Å². The molecule has 9 nitrogen and oxygen atoms in total. The molecule has 9 heteroatoms. The van der Waals surface area contributed by atoms with Gasteiger partial charge < -0.3 is 24.3 Å². The highest BCUT2D eigenvalue weighted by Crippen LogP contribution is 2.33. The molecule has 0 radical (unpaired) electrons. The van der Waals surface area contributed by atoms with E-state index in [-0.39, 0.29) is 18.7 Å². The Morgan fingerprint density at radius 1 is 1.03 bits per heavy atom. The normalized spacial score (nSPS) is 11.9. The van der Waals surface area contributed by atoms with Gasteiger partial charge in [0, 0.05) is 23.4 Å². The van der Waals surface area contributed by atoms with E-state index in [1.807, 2.05) is 62.4 Å². The van der Waals surface area contributed by atoms with Crippen LogP contribution in [0.4, 0.5) is 5.69 Å². The van der Waals surface area contributed by atoms with E-state index in [1.165, 1.54) is 0 Å². The molecule has 5 rings (SSSR count). The summed E-state index contributed by atoms with van der Waals surface area (Å²) in [5, 5.41) is 7.49. The summed E-state index contributed by atoms with van der Waals surface area (Å²) in [5.41, 5.74) is 3.92. The van der Waals surface area contributed by atoms with Crippen LogP contribution in [-0.4, -0.2) is 47.3 Å². The summed E-state index contributed by atoms with van der Waals surface area (Å²) < 4.78 is 23.5. The minimum Gasteiger partial charge on any atom is -0.460 e. The second kappa shape index (κ2) is 10.5. The van der Waals surface area contributed by atoms with Crippen LogP contribution in [0.25, 0.3) is 17.1 Å². The maximum atomic E-state index is 12.7. The molecule has 3 aromatic carbocycles. The van der Waals surface area contributed by atoms with Crippen molar-refractivity contribution in [3.8, 4) is 34.6 Å². The number of hydrogen-bond acceptors (Lipinski definition) is 7. The summed E-state index contributed by atoms with van der Waals surface area (Å²) in [5.74, 6) is 1.62. The van der Waals surface area contributed by atoms with E-state index in [0.29, 0.717) is 48.4 Å². The summed E-state index contributed by atoms with van der Waals surface area (Å²) in [6.07, 6.45) is 0. The lowest BCUT2D eigenvalue weighted by Crippen LogP contribution is -2.12. The third kappa shape index (κ3) is 5.01. The Balaban J connectivity index is 1.37. The molecule has 0 fully saturated rings. The molecule has 36 heavy (non-hydrogen) atoms. The van der Waals surface area contributed by atoms with Crippen LogP contribution < -0.4 is 19.5 Å². The molecule has 0 saturated heterocycles. The number of benzene rings is 3. The summed E-state index contributed by atoms with van der Waals surface area (Å²) in [7, 11) is 0. The van der Waals surface area contributed by atoms with Crippen LogP contribution in [0.5, 0.6) is 17.5 Å². The first-order chi connectivity index (χ1) is 17.6. The number of aryl methyl sites for hydroxylation is 1. The van der Waals surface area contributed by atoms with Crippen molar-refractivity contribution in [1.82, 2.24) is 14.8 Å².